The molecule has 4 rings (SSSR count). The Bertz CT molecular complexity index is 870. The molecular formula is C18H19N3O2S3. The molecule has 2 aliphatic rings. The highest BCUT2D eigenvalue weighted by atomic mass is 32.2. The van der Waals surface area contributed by atoms with Crippen LogP contribution >= 0.6 is 34.4 Å². The van der Waals surface area contributed by atoms with Crippen molar-refractivity contribution in [2.75, 3.05) is 4.90 Å². The molecule has 26 heavy (non-hydrogen) atoms. The van der Waals surface area contributed by atoms with Gasteiger partial charge in [0, 0.05) is 40.2 Å². The first-order valence-corrected chi connectivity index (χ1v) is 11.2. The summed E-state index contributed by atoms with van der Waals surface area (Å²) in [5, 5.41) is 11.5. The van der Waals surface area contributed by atoms with E-state index in [0.717, 1.165) is 33.3 Å². The van der Waals surface area contributed by atoms with Gasteiger partial charge >= 0.3 is 0 Å². The third-order valence-corrected chi connectivity index (χ3v) is 7.47. The third-order valence-electron chi connectivity index (χ3n) is 4.49. The van der Waals surface area contributed by atoms with Gasteiger partial charge < -0.3 is 0 Å². The first kappa shape index (κ1) is 17.9. The lowest BCUT2D eigenvalue weighted by atomic mass is 9.80. The van der Waals surface area contributed by atoms with Gasteiger partial charge in [0.25, 0.3) is 0 Å². The molecule has 0 bridgehead atoms. The molecule has 2 aromatic rings. The Balaban J connectivity index is 1.77. The number of hydrogen-bond donors (Lipinski definition) is 0. The molecule has 136 valence electrons. The van der Waals surface area contributed by atoms with Gasteiger partial charge in [-0.3, -0.25) is 14.5 Å². The van der Waals surface area contributed by atoms with E-state index < -0.39 is 0 Å². The van der Waals surface area contributed by atoms with Gasteiger partial charge in [-0.05, 0) is 24.3 Å². The molecule has 0 radical (unpaired) electrons. The Morgan fingerprint density at radius 2 is 2.12 bits per heavy atom. The zero-order valence-electron chi connectivity index (χ0n) is 14.6. The maximum atomic E-state index is 13.0. The molecule has 1 aliphatic carbocycles. The van der Waals surface area contributed by atoms with Crippen molar-refractivity contribution >= 4 is 51.3 Å². The Morgan fingerprint density at radius 3 is 2.85 bits per heavy atom. The molecule has 0 N–H and O–H groups in total. The van der Waals surface area contributed by atoms with Crippen molar-refractivity contribution in [2.24, 2.45) is 0 Å². The maximum Gasteiger partial charge on any atom is 0.234 e. The summed E-state index contributed by atoms with van der Waals surface area (Å²) in [5.41, 5.74) is 1.65. The van der Waals surface area contributed by atoms with E-state index in [0.29, 0.717) is 23.2 Å². The summed E-state index contributed by atoms with van der Waals surface area (Å²) >= 11 is 4.68. The fourth-order valence-corrected chi connectivity index (χ4v) is 6.43. The zero-order valence-corrected chi connectivity index (χ0v) is 17.0. The lowest BCUT2D eigenvalue weighted by molar-refractivity contribution is -0.119. The van der Waals surface area contributed by atoms with Crippen LogP contribution in [0.4, 0.5) is 5.13 Å². The van der Waals surface area contributed by atoms with Crippen LogP contribution in [0.1, 0.15) is 50.3 Å². The number of aromatic nitrogens is 2. The van der Waals surface area contributed by atoms with Gasteiger partial charge in [-0.15, -0.1) is 21.5 Å². The Kier molecular flexibility index (Phi) is 4.98. The van der Waals surface area contributed by atoms with Gasteiger partial charge in [0.05, 0.1) is 0 Å². The second-order valence-corrected chi connectivity index (χ2v) is 10.4. The third kappa shape index (κ3) is 3.25. The van der Waals surface area contributed by atoms with Crippen molar-refractivity contribution in [1.29, 1.82) is 0 Å². The molecule has 2 aromatic heterocycles. The molecule has 0 saturated heterocycles. The summed E-state index contributed by atoms with van der Waals surface area (Å²) in [6, 6.07) is 4.00. The summed E-state index contributed by atoms with van der Waals surface area (Å²) in [6.45, 7) is 4.20. The monoisotopic (exact) mass is 405 g/mol. The van der Waals surface area contributed by atoms with Gasteiger partial charge in [0.15, 0.2) is 10.1 Å². The summed E-state index contributed by atoms with van der Waals surface area (Å²) in [7, 11) is 0. The van der Waals surface area contributed by atoms with Crippen molar-refractivity contribution in [3.63, 3.8) is 0 Å². The van der Waals surface area contributed by atoms with E-state index in [2.05, 4.69) is 24.0 Å². The number of ketones is 1. The molecule has 8 heteroatoms. The van der Waals surface area contributed by atoms with Crippen molar-refractivity contribution < 1.29 is 9.59 Å². The number of thiophene rings is 1. The molecule has 1 atom stereocenters. The van der Waals surface area contributed by atoms with Gasteiger partial charge in [0.1, 0.15) is 0 Å². The Labute approximate surface area is 164 Å². The number of hydrogen-bond acceptors (Lipinski definition) is 7. The molecule has 0 saturated carbocycles. The lowest BCUT2D eigenvalue weighted by Gasteiger charge is -2.36. The van der Waals surface area contributed by atoms with Crippen molar-refractivity contribution in [2.45, 2.75) is 55.0 Å². The second kappa shape index (κ2) is 7.25. The van der Waals surface area contributed by atoms with Crippen LogP contribution in [0.25, 0.3) is 0 Å². The average Bonchev–Trinajstić information content (AvgIpc) is 3.25. The van der Waals surface area contributed by atoms with Crippen LogP contribution < -0.4 is 4.90 Å². The van der Waals surface area contributed by atoms with Gasteiger partial charge in [-0.2, -0.15) is 0 Å². The number of rotatable bonds is 4. The maximum absolute atomic E-state index is 13.0. The highest BCUT2D eigenvalue weighted by molar-refractivity contribution is 8.01. The molecule has 1 amide bonds. The number of carbonyl (C=O) groups excluding carboxylic acids is 2. The SMILES string of the molecule is CC(C)Sc1nnc(N2C(=O)CC(c3cccs3)C3=C2CCCC3=O)s1. The largest absolute Gasteiger partial charge is 0.294 e. The number of amides is 1. The zero-order chi connectivity index (χ0) is 18.3. The van der Waals surface area contributed by atoms with Crippen LogP contribution in [0.3, 0.4) is 0 Å². The number of allylic oxidation sites excluding steroid dienone is 2. The normalized spacial score (nSPS) is 20.9. The van der Waals surface area contributed by atoms with Crippen LogP contribution in [-0.4, -0.2) is 27.1 Å². The predicted octanol–water partition coefficient (Wildman–Crippen LogP) is 4.63. The van der Waals surface area contributed by atoms with Crippen LogP contribution in [0.15, 0.2) is 33.1 Å². The Morgan fingerprint density at radius 1 is 1.27 bits per heavy atom. The highest BCUT2D eigenvalue weighted by Gasteiger charge is 2.41. The summed E-state index contributed by atoms with van der Waals surface area (Å²) in [4.78, 5) is 28.5. The van der Waals surface area contributed by atoms with E-state index in [1.807, 2.05) is 17.5 Å². The minimum absolute atomic E-state index is 0.00842. The van der Waals surface area contributed by atoms with E-state index in [-0.39, 0.29) is 17.6 Å². The van der Waals surface area contributed by atoms with E-state index >= 15 is 0 Å². The minimum Gasteiger partial charge on any atom is -0.294 e. The van der Waals surface area contributed by atoms with Crippen molar-refractivity contribution in [1.82, 2.24) is 10.2 Å². The van der Waals surface area contributed by atoms with Gasteiger partial charge in [-0.25, -0.2) is 0 Å². The van der Waals surface area contributed by atoms with Gasteiger partial charge in [0.2, 0.25) is 11.0 Å². The van der Waals surface area contributed by atoms with Crippen LogP contribution in [-0.2, 0) is 9.59 Å². The van der Waals surface area contributed by atoms with E-state index in [4.69, 9.17) is 0 Å². The Hall–Kier alpha value is -1.51. The van der Waals surface area contributed by atoms with Crippen molar-refractivity contribution in [3.8, 4) is 0 Å². The predicted molar refractivity (Wildman–Crippen MR) is 106 cm³/mol. The van der Waals surface area contributed by atoms with E-state index in [9.17, 15) is 9.59 Å². The highest BCUT2D eigenvalue weighted by Crippen LogP contribution is 2.45. The van der Waals surface area contributed by atoms with Crippen molar-refractivity contribution in [3.05, 3.63) is 33.7 Å². The van der Waals surface area contributed by atoms with E-state index in [1.165, 1.54) is 11.3 Å². The van der Waals surface area contributed by atoms with Gasteiger partial charge in [-0.1, -0.05) is 43.0 Å². The number of anilines is 1. The molecule has 0 fully saturated rings. The lowest BCUT2D eigenvalue weighted by Crippen LogP contribution is -2.40. The quantitative estimate of drug-likeness (QED) is 0.548. The summed E-state index contributed by atoms with van der Waals surface area (Å²) < 4.78 is 0.854. The molecule has 0 aromatic carbocycles. The standard InChI is InChI=1S/C18H19N3O2S3/c1-10(2)25-18-20-19-17(26-18)21-12-5-3-6-13(22)16(12)11(9-15(21)23)14-7-4-8-24-14/h4,7-8,10-11H,3,5-6,9H2,1-2H3. The smallest absolute Gasteiger partial charge is 0.234 e. The number of nitrogens with zero attached hydrogens (tertiary/aromatic N) is 3. The molecule has 0 spiro atoms. The first-order chi connectivity index (χ1) is 12.5. The number of carbonyl (C=O) groups is 2. The van der Waals surface area contributed by atoms with E-state index in [1.54, 1.807) is 28.0 Å². The molecule has 1 unspecified atom stereocenters. The first-order valence-electron chi connectivity index (χ1n) is 8.67. The topological polar surface area (TPSA) is 63.2 Å². The number of thioether (sulfide) groups is 1. The summed E-state index contributed by atoms with van der Waals surface area (Å²) in [6.07, 6.45) is 2.40. The van der Waals surface area contributed by atoms with Crippen LogP contribution in [0.2, 0.25) is 0 Å². The fourth-order valence-electron chi connectivity index (χ4n) is 3.49. The van der Waals surface area contributed by atoms with Crippen LogP contribution in [0, 0.1) is 0 Å². The number of Topliss-reactive ketones (excluding diaryl/α,β-unsaturated/α-hetero) is 1. The molecule has 1 aliphatic heterocycles. The van der Waals surface area contributed by atoms with Crippen LogP contribution in [0.5, 0.6) is 0 Å². The molecule has 5 nitrogen and oxygen atoms in total. The molecular weight excluding hydrogens is 386 g/mol. The fraction of sp³-hybridized carbons (Fsp3) is 0.444. The second-order valence-electron chi connectivity index (χ2n) is 6.66. The molecule has 3 heterocycles. The minimum atomic E-state index is -0.112. The average molecular weight is 406 g/mol. The summed E-state index contributed by atoms with van der Waals surface area (Å²) in [5.74, 6) is 0.0662.